The number of nitrogens with one attached hydrogen (secondary N) is 1. The van der Waals surface area contributed by atoms with Crippen molar-refractivity contribution < 1.29 is 18.3 Å². The lowest BCUT2D eigenvalue weighted by atomic mass is 10.1. The third-order valence-corrected chi connectivity index (χ3v) is 3.21. The summed E-state index contributed by atoms with van der Waals surface area (Å²) in [6, 6.07) is 3.68. The molecule has 1 aromatic rings. The van der Waals surface area contributed by atoms with Gasteiger partial charge in [0.25, 0.3) is 10.0 Å². The van der Waals surface area contributed by atoms with Gasteiger partial charge in [0, 0.05) is 0 Å². The summed E-state index contributed by atoms with van der Waals surface area (Å²) in [7, 11) is -3.74. The summed E-state index contributed by atoms with van der Waals surface area (Å²) >= 11 is 0. The molecule has 0 bridgehead atoms. The Morgan fingerprint density at radius 2 is 2.07 bits per heavy atom. The Bertz CT molecular complexity index is 495. The van der Waals surface area contributed by atoms with E-state index in [0.29, 0.717) is 5.56 Å². The number of aryl methyl sites for hydroxylation is 1. The summed E-state index contributed by atoms with van der Waals surface area (Å²) in [6.45, 7) is 1.50. The Labute approximate surface area is 86.7 Å². The van der Waals surface area contributed by atoms with E-state index in [9.17, 15) is 13.2 Å². The summed E-state index contributed by atoms with van der Waals surface area (Å²) in [5.41, 5.74) is 0.358. The highest BCUT2D eigenvalue weighted by Gasteiger charge is 2.16. The topological polar surface area (TPSA) is 109 Å². The Balaban J connectivity index is 3.32. The number of benzene rings is 1. The molecule has 0 saturated carbocycles. The van der Waals surface area contributed by atoms with Gasteiger partial charge in [0.1, 0.15) is 0 Å². The minimum Gasteiger partial charge on any atom is -0.478 e. The maximum absolute atomic E-state index is 11.3. The minimum atomic E-state index is -3.74. The SMILES string of the molecule is Cc1cc(C(=O)O)ccc1S(=O)(=O)NN. The minimum absolute atomic E-state index is 0.0310. The first-order valence-corrected chi connectivity index (χ1v) is 5.43. The Kier molecular flexibility index (Phi) is 3.08. The first kappa shape index (κ1) is 11.6. The molecule has 0 amide bonds. The van der Waals surface area contributed by atoms with Crippen LogP contribution in [0.5, 0.6) is 0 Å². The van der Waals surface area contributed by atoms with Crippen LogP contribution in [0.25, 0.3) is 0 Å². The van der Waals surface area contributed by atoms with Crippen molar-refractivity contribution in [2.75, 3.05) is 0 Å². The fraction of sp³-hybridized carbons (Fsp3) is 0.125. The molecular formula is C8H10N2O4S. The molecule has 0 fully saturated rings. The molecule has 15 heavy (non-hydrogen) atoms. The van der Waals surface area contributed by atoms with Crippen molar-refractivity contribution in [3.63, 3.8) is 0 Å². The first-order chi connectivity index (χ1) is 6.88. The largest absolute Gasteiger partial charge is 0.478 e. The second kappa shape index (κ2) is 3.97. The van der Waals surface area contributed by atoms with E-state index in [2.05, 4.69) is 0 Å². The van der Waals surface area contributed by atoms with Crippen molar-refractivity contribution in [3.8, 4) is 0 Å². The Hall–Kier alpha value is -1.44. The van der Waals surface area contributed by atoms with Crippen LogP contribution in [-0.2, 0) is 10.0 Å². The normalized spacial score (nSPS) is 11.3. The molecule has 0 spiro atoms. The summed E-state index contributed by atoms with van der Waals surface area (Å²) in [6.07, 6.45) is 0. The Morgan fingerprint density at radius 3 is 2.47 bits per heavy atom. The zero-order chi connectivity index (χ0) is 11.6. The van der Waals surface area contributed by atoms with Crippen LogP contribution in [0.15, 0.2) is 23.1 Å². The predicted octanol–water partition coefficient (Wildman–Crippen LogP) is -0.155. The van der Waals surface area contributed by atoms with Crippen LogP contribution in [0.1, 0.15) is 15.9 Å². The average molecular weight is 230 g/mol. The molecule has 1 aromatic carbocycles. The third kappa shape index (κ3) is 2.32. The third-order valence-electron chi connectivity index (χ3n) is 1.87. The number of sulfonamides is 1. The highest BCUT2D eigenvalue weighted by Crippen LogP contribution is 2.15. The average Bonchev–Trinajstić information content (AvgIpc) is 2.17. The van der Waals surface area contributed by atoms with Crippen molar-refractivity contribution >= 4 is 16.0 Å². The summed E-state index contributed by atoms with van der Waals surface area (Å²) in [5, 5.41) is 8.67. The smallest absolute Gasteiger partial charge is 0.335 e. The molecule has 0 aliphatic rings. The van der Waals surface area contributed by atoms with Crippen molar-refractivity contribution in [2.45, 2.75) is 11.8 Å². The summed E-state index contributed by atoms with van der Waals surface area (Å²) in [4.78, 5) is 12.2. The molecule has 7 heteroatoms. The van der Waals surface area contributed by atoms with E-state index in [1.807, 2.05) is 0 Å². The van der Waals surface area contributed by atoms with Crippen molar-refractivity contribution in [3.05, 3.63) is 29.3 Å². The number of hydrogen-bond acceptors (Lipinski definition) is 4. The zero-order valence-corrected chi connectivity index (χ0v) is 8.71. The molecule has 0 radical (unpaired) electrons. The molecule has 6 nitrogen and oxygen atoms in total. The van der Waals surface area contributed by atoms with Crippen molar-refractivity contribution in [1.29, 1.82) is 0 Å². The number of hydrogen-bond donors (Lipinski definition) is 3. The molecule has 1 rings (SSSR count). The summed E-state index contributed by atoms with van der Waals surface area (Å²) < 4.78 is 22.6. The van der Waals surface area contributed by atoms with Crippen LogP contribution in [-0.4, -0.2) is 19.5 Å². The molecule has 82 valence electrons. The van der Waals surface area contributed by atoms with E-state index in [-0.39, 0.29) is 10.5 Å². The number of hydrazine groups is 1. The molecule has 0 saturated heterocycles. The second-order valence-electron chi connectivity index (χ2n) is 2.91. The van der Waals surface area contributed by atoms with Crippen LogP contribution in [0.4, 0.5) is 0 Å². The fourth-order valence-corrected chi connectivity index (χ4v) is 2.00. The maximum atomic E-state index is 11.3. The van der Waals surface area contributed by atoms with Gasteiger partial charge < -0.3 is 5.11 Å². The highest BCUT2D eigenvalue weighted by molar-refractivity contribution is 7.89. The van der Waals surface area contributed by atoms with Gasteiger partial charge in [-0.25, -0.2) is 13.2 Å². The van der Waals surface area contributed by atoms with Crippen LogP contribution < -0.4 is 10.7 Å². The zero-order valence-electron chi connectivity index (χ0n) is 7.89. The van der Waals surface area contributed by atoms with Crippen LogP contribution >= 0.6 is 0 Å². The van der Waals surface area contributed by atoms with Crippen LogP contribution in [0.3, 0.4) is 0 Å². The summed E-state index contributed by atoms with van der Waals surface area (Å²) in [5.74, 6) is 3.74. The van der Waals surface area contributed by atoms with Gasteiger partial charge in [-0.2, -0.15) is 4.83 Å². The van der Waals surface area contributed by atoms with E-state index in [0.717, 1.165) is 0 Å². The van der Waals surface area contributed by atoms with Crippen molar-refractivity contribution in [2.24, 2.45) is 5.84 Å². The van der Waals surface area contributed by atoms with E-state index in [4.69, 9.17) is 10.9 Å². The highest BCUT2D eigenvalue weighted by atomic mass is 32.2. The number of rotatable bonds is 3. The maximum Gasteiger partial charge on any atom is 0.335 e. The van der Waals surface area contributed by atoms with Gasteiger partial charge in [0.15, 0.2) is 0 Å². The first-order valence-electron chi connectivity index (χ1n) is 3.95. The van der Waals surface area contributed by atoms with Gasteiger partial charge in [-0.05, 0) is 30.7 Å². The van der Waals surface area contributed by atoms with Gasteiger partial charge in [-0.3, -0.25) is 5.84 Å². The quantitative estimate of drug-likeness (QED) is 0.494. The number of carboxylic acid groups (broad SMARTS) is 1. The van der Waals surface area contributed by atoms with E-state index in [1.165, 1.54) is 25.1 Å². The monoisotopic (exact) mass is 230 g/mol. The number of carboxylic acids is 1. The lowest BCUT2D eigenvalue weighted by molar-refractivity contribution is 0.0696. The molecule has 0 aromatic heterocycles. The fourth-order valence-electron chi connectivity index (χ4n) is 1.15. The van der Waals surface area contributed by atoms with Gasteiger partial charge in [-0.1, -0.05) is 0 Å². The van der Waals surface area contributed by atoms with Gasteiger partial charge >= 0.3 is 5.97 Å². The molecular weight excluding hydrogens is 220 g/mol. The van der Waals surface area contributed by atoms with Gasteiger partial charge in [0.05, 0.1) is 10.5 Å². The number of nitrogens with two attached hydrogens (primary N) is 1. The van der Waals surface area contributed by atoms with Crippen molar-refractivity contribution in [1.82, 2.24) is 4.83 Å². The molecule has 4 N–H and O–H groups in total. The Morgan fingerprint density at radius 1 is 1.47 bits per heavy atom. The second-order valence-corrected chi connectivity index (χ2v) is 4.59. The lowest BCUT2D eigenvalue weighted by Crippen LogP contribution is -2.30. The number of carbonyl (C=O) groups is 1. The lowest BCUT2D eigenvalue weighted by Gasteiger charge is -2.06. The van der Waals surface area contributed by atoms with E-state index < -0.39 is 16.0 Å². The molecule has 0 atom stereocenters. The molecule has 0 heterocycles. The number of aromatic carboxylic acids is 1. The molecule has 0 aliphatic heterocycles. The van der Waals surface area contributed by atoms with Crippen LogP contribution in [0.2, 0.25) is 0 Å². The standard InChI is InChI=1S/C8H10N2O4S/c1-5-4-6(8(11)12)2-3-7(5)15(13,14)10-9/h2-4,10H,9H2,1H3,(H,11,12). The predicted molar refractivity (Wildman–Crippen MR) is 52.6 cm³/mol. The molecule has 0 unspecified atom stereocenters. The van der Waals surface area contributed by atoms with Gasteiger partial charge in [-0.15, -0.1) is 0 Å². The van der Waals surface area contributed by atoms with Crippen LogP contribution in [0, 0.1) is 6.92 Å². The molecule has 0 aliphatic carbocycles. The van der Waals surface area contributed by atoms with Gasteiger partial charge in [0.2, 0.25) is 0 Å². The van der Waals surface area contributed by atoms with E-state index in [1.54, 1.807) is 4.83 Å². The van der Waals surface area contributed by atoms with E-state index >= 15 is 0 Å².